The molecule has 0 saturated carbocycles. The van der Waals surface area contributed by atoms with E-state index in [9.17, 15) is 0 Å². The van der Waals surface area contributed by atoms with E-state index in [2.05, 4.69) is 40.1 Å². The molecule has 0 aromatic heterocycles. The van der Waals surface area contributed by atoms with Crippen molar-refractivity contribution in [1.29, 1.82) is 0 Å². The first-order chi connectivity index (χ1) is 9.04. The molecule has 0 amide bonds. The molecule has 2 fully saturated rings. The molecule has 4 unspecified atom stereocenters. The van der Waals surface area contributed by atoms with Gasteiger partial charge in [-0.25, -0.2) is 7.78 Å². The van der Waals surface area contributed by atoms with Crippen LogP contribution in [0.3, 0.4) is 0 Å². The van der Waals surface area contributed by atoms with E-state index in [1.165, 1.54) is 72.2 Å². The fourth-order valence-corrected chi connectivity index (χ4v) is 6.39. The summed E-state index contributed by atoms with van der Waals surface area (Å²) >= 11 is 2.29. The van der Waals surface area contributed by atoms with Gasteiger partial charge in [0.05, 0.1) is 27.2 Å². The first-order valence-corrected chi connectivity index (χ1v) is 9.19. The Morgan fingerprint density at radius 3 is 1.58 bits per heavy atom. The molecule has 2 saturated heterocycles. The molecule has 3 heteroatoms. The summed E-state index contributed by atoms with van der Waals surface area (Å²) in [5.41, 5.74) is 0. The van der Waals surface area contributed by atoms with E-state index in [4.69, 9.17) is 0 Å². The Morgan fingerprint density at radius 2 is 1.21 bits per heavy atom. The Morgan fingerprint density at radius 1 is 0.789 bits per heavy atom. The van der Waals surface area contributed by atoms with Gasteiger partial charge in [0, 0.05) is 12.8 Å². The van der Waals surface area contributed by atoms with Gasteiger partial charge >= 0.3 is 12.1 Å². The summed E-state index contributed by atoms with van der Waals surface area (Å²) in [7, 11) is 5.03. The maximum atomic E-state index is 2.52. The SMILES string of the molecule is CCC1CCCC[N+]1(C)S[N+]1(C)CCCCC1CC. The topological polar surface area (TPSA) is 0 Å². The molecule has 4 atom stereocenters. The highest BCUT2D eigenvalue weighted by molar-refractivity contribution is 7.88. The minimum atomic E-state index is 0.883. The van der Waals surface area contributed by atoms with Gasteiger partial charge in [0.2, 0.25) is 0 Å². The average Bonchev–Trinajstić information content (AvgIpc) is 2.38. The number of piperidine rings is 2. The lowest BCUT2D eigenvalue weighted by Crippen LogP contribution is -2.59. The van der Waals surface area contributed by atoms with Crippen LogP contribution < -0.4 is 0 Å². The molecule has 112 valence electrons. The number of hydrogen-bond acceptors (Lipinski definition) is 1. The highest BCUT2D eigenvalue weighted by atomic mass is 32.2. The molecule has 0 aromatic carbocycles. The summed E-state index contributed by atoms with van der Waals surface area (Å²) in [5, 5.41) is 0. The van der Waals surface area contributed by atoms with E-state index in [1.54, 1.807) is 0 Å². The fourth-order valence-electron chi connectivity index (χ4n) is 4.34. The van der Waals surface area contributed by atoms with Crippen molar-refractivity contribution in [1.82, 2.24) is 0 Å². The van der Waals surface area contributed by atoms with Crippen molar-refractivity contribution >= 4 is 12.1 Å². The molecule has 2 rings (SSSR count). The predicted molar refractivity (Wildman–Crippen MR) is 85.6 cm³/mol. The highest BCUT2D eigenvalue weighted by Gasteiger charge is 2.48. The van der Waals surface area contributed by atoms with Crippen LogP contribution in [-0.4, -0.2) is 47.0 Å². The monoisotopic (exact) mass is 286 g/mol. The van der Waals surface area contributed by atoms with E-state index in [1.807, 2.05) is 0 Å². The number of likely N-dealkylation sites (tertiary alicyclic amines) is 2. The van der Waals surface area contributed by atoms with Crippen LogP contribution >= 0.6 is 12.1 Å². The average molecular weight is 287 g/mol. The Balaban J connectivity index is 2.11. The van der Waals surface area contributed by atoms with E-state index in [0.717, 1.165) is 12.1 Å². The van der Waals surface area contributed by atoms with Gasteiger partial charge in [-0.3, -0.25) is 0 Å². The van der Waals surface area contributed by atoms with Gasteiger partial charge in [-0.1, -0.05) is 13.8 Å². The third kappa shape index (κ3) is 3.30. The maximum Gasteiger partial charge on any atom is 0.323 e. The lowest BCUT2D eigenvalue weighted by atomic mass is 10.0. The Bertz CT molecular complexity index is 268. The van der Waals surface area contributed by atoms with Gasteiger partial charge in [0.1, 0.15) is 12.1 Å². The van der Waals surface area contributed by atoms with Crippen LogP contribution in [-0.2, 0) is 0 Å². The van der Waals surface area contributed by atoms with Crippen LogP contribution in [0.4, 0.5) is 0 Å². The van der Waals surface area contributed by atoms with Gasteiger partial charge in [-0.2, -0.15) is 0 Å². The molecule has 2 nitrogen and oxygen atoms in total. The van der Waals surface area contributed by atoms with E-state index >= 15 is 0 Å². The molecule has 0 aliphatic carbocycles. The van der Waals surface area contributed by atoms with Crippen LogP contribution in [0.15, 0.2) is 0 Å². The second-order valence-corrected chi connectivity index (χ2v) is 8.82. The molecule has 0 aromatic rings. The fraction of sp³-hybridized carbons (Fsp3) is 1.00. The summed E-state index contributed by atoms with van der Waals surface area (Å²) in [6, 6.07) is 1.77. The highest BCUT2D eigenvalue weighted by Crippen LogP contribution is 2.43. The third-order valence-electron chi connectivity index (χ3n) is 5.64. The Labute approximate surface area is 125 Å². The van der Waals surface area contributed by atoms with Gasteiger partial charge in [0.25, 0.3) is 0 Å². The van der Waals surface area contributed by atoms with Gasteiger partial charge in [-0.05, 0) is 38.5 Å². The number of quaternary nitrogens is 2. The number of rotatable bonds is 4. The summed E-state index contributed by atoms with van der Waals surface area (Å²) in [4.78, 5) is 0. The third-order valence-corrected chi connectivity index (χ3v) is 7.35. The zero-order valence-electron chi connectivity index (χ0n) is 13.5. The number of hydrogen-bond donors (Lipinski definition) is 0. The summed E-state index contributed by atoms with van der Waals surface area (Å²) in [5.74, 6) is 0. The second-order valence-electron chi connectivity index (χ2n) is 6.99. The summed E-state index contributed by atoms with van der Waals surface area (Å²) in [6.07, 6.45) is 11.3. The first kappa shape index (κ1) is 15.7. The summed E-state index contributed by atoms with van der Waals surface area (Å²) < 4.78 is 2.53. The predicted octanol–water partition coefficient (Wildman–Crippen LogP) is 4.37. The van der Waals surface area contributed by atoms with Crippen LogP contribution in [0.5, 0.6) is 0 Å². The van der Waals surface area contributed by atoms with Crippen molar-refractivity contribution in [2.24, 2.45) is 0 Å². The van der Waals surface area contributed by atoms with E-state index in [-0.39, 0.29) is 0 Å². The van der Waals surface area contributed by atoms with Gasteiger partial charge < -0.3 is 0 Å². The molecule has 0 N–H and O–H groups in total. The lowest BCUT2D eigenvalue weighted by molar-refractivity contribution is -0.892. The molecule has 0 bridgehead atoms. The zero-order valence-corrected chi connectivity index (χ0v) is 14.3. The molecule has 0 radical (unpaired) electrons. The largest absolute Gasteiger partial charge is 0.323 e. The van der Waals surface area contributed by atoms with Crippen molar-refractivity contribution in [3.05, 3.63) is 0 Å². The van der Waals surface area contributed by atoms with Crippen LogP contribution in [0.25, 0.3) is 0 Å². The Hall–Kier alpha value is 0.270. The normalized spacial score (nSPS) is 44.2. The van der Waals surface area contributed by atoms with Crippen LogP contribution in [0.2, 0.25) is 0 Å². The van der Waals surface area contributed by atoms with Crippen molar-refractivity contribution in [3.8, 4) is 0 Å². The van der Waals surface area contributed by atoms with E-state index in [0.29, 0.717) is 0 Å². The Kier molecular flexibility index (Phi) is 5.24. The molecule has 0 spiro atoms. The minimum Gasteiger partial charge on any atom is -0.211 e. The van der Waals surface area contributed by atoms with Crippen LogP contribution in [0.1, 0.15) is 65.2 Å². The zero-order chi connectivity index (χ0) is 13.9. The molecule has 19 heavy (non-hydrogen) atoms. The molecule has 2 heterocycles. The molecule has 2 aliphatic rings. The molecular weight excluding hydrogens is 252 g/mol. The second kappa shape index (κ2) is 6.36. The van der Waals surface area contributed by atoms with Gasteiger partial charge in [-0.15, -0.1) is 0 Å². The standard InChI is InChI=1S/C16H34N2S/c1-5-15-11-7-9-13-17(15,3)19-18(4)14-10-8-12-16(18)6-2/h15-16H,5-14H2,1-4H3/q+2. The molecule has 2 aliphatic heterocycles. The quantitative estimate of drug-likeness (QED) is 0.546. The molecular formula is C16H34N2S+2. The maximum absolute atomic E-state index is 2.52. The minimum absolute atomic E-state index is 0.883. The number of nitrogens with zero attached hydrogens (tertiary/aromatic N) is 2. The summed E-state index contributed by atoms with van der Waals surface area (Å²) in [6.45, 7) is 7.54. The first-order valence-electron chi connectivity index (χ1n) is 8.46. The van der Waals surface area contributed by atoms with Crippen molar-refractivity contribution in [2.45, 2.75) is 77.3 Å². The van der Waals surface area contributed by atoms with Crippen molar-refractivity contribution in [2.75, 3.05) is 27.2 Å². The van der Waals surface area contributed by atoms with Crippen LogP contribution in [0, 0.1) is 0 Å². The smallest absolute Gasteiger partial charge is 0.211 e. The van der Waals surface area contributed by atoms with E-state index < -0.39 is 0 Å². The van der Waals surface area contributed by atoms with Crippen molar-refractivity contribution in [3.63, 3.8) is 0 Å². The van der Waals surface area contributed by atoms with Crippen molar-refractivity contribution < 1.29 is 7.78 Å². The lowest BCUT2D eigenvalue weighted by Gasteiger charge is -2.48. The van der Waals surface area contributed by atoms with Gasteiger partial charge in [0.15, 0.2) is 0 Å².